The van der Waals surface area contributed by atoms with E-state index in [1.807, 2.05) is 0 Å². The molecule has 72 valence electrons. The van der Waals surface area contributed by atoms with Crippen molar-refractivity contribution in [1.82, 2.24) is 9.38 Å². The number of aromatic nitrogens is 2. The number of nitrogens with zero attached hydrogens (tertiary/aromatic N) is 2. The number of fused-ring (bicyclic) bond motifs is 1. The average molecular weight is 194 g/mol. The van der Waals surface area contributed by atoms with Gasteiger partial charge in [-0.3, -0.25) is 4.40 Å². The van der Waals surface area contributed by atoms with Crippen LogP contribution in [0.15, 0.2) is 18.3 Å². The van der Waals surface area contributed by atoms with E-state index in [0.717, 1.165) is 9.96 Å². The zero-order chi connectivity index (χ0) is 10.3. The van der Waals surface area contributed by atoms with Crippen LogP contribution in [0.2, 0.25) is 0 Å². The van der Waals surface area contributed by atoms with Gasteiger partial charge in [-0.2, -0.15) is 4.39 Å². The van der Waals surface area contributed by atoms with Crippen LogP contribution in [0.3, 0.4) is 0 Å². The summed E-state index contributed by atoms with van der Waals surface area (Å²) in [5.74, 6) is -2.19. The van der Waals surface area contributed by atoms with Gasteiger partial charge in [-0.15, -0.1) is 0 Å². The van der Waals surface area contributed by atoms with E-state index in [0.29, 0.717) is 5.65 Å². The first-order chi connectivity index (χ1) is 6.61. The number of aromatic carboxylic acids is 1. The molecule has 4 nitrogen and oxygen atoms in total. The van der Waals surface area contributed by atoms with Crippen LogP contribution in [-0.2, 0) is 0 Å². The van der Waals surface area contributed by atoms with Gasteiger partial charge in [0.25, 0.3) is 0 Å². The summed E-state index contributed by atoms with van der Waals surface area (Å²) in [6.07, 6.45) is 1.44. The van der Waals surface area contributed by atoms with Gasteiger partial charge >= 0.3 is 5.97 Å². The highest BCUT2D eigenvalue weighted by Crippen LogP contribution is 2.14. The summed E-state index contributed by atoms with van der Waals surface area (Å²) < 4.78 is 14.5. The van der Waals surface area contributed by atoms with Gasteiger partial charge in [0.1, 0.15) is 5.65 Å². The summed E-state index contributed by atoms with van der Waals surface area (Å²) in [4.78, 5) is 14.3. The third kappa shape index (κ3) is 1.06. The van der Waals surface area contributed by atoms with Crippen molar-refractivity contribution in [3.05, 3.63) is 35.5 Å². The van der Waals surface area contributed by atoms with Crippen LogP contribution < -0.4 is 0 Å². The zero-order valence-electron chi connectivity index (χ0n) is 7.36. The largest absolute Gasteiger partial charge is 0.476 e. The van der Waals surface area contributed by atoms with Crippen molar-refractivity contribution in [3.63, 3.8) is 0 Å². The van der Waals surface area contributed by atoms with Crippen molar-refractivity contribution < 1.29 is 14.3 Å². The Morgan fingerprint density at radius 2 is 2.36 bits per heavy atom. The molecule has 0 aromatic carbocycles. The predicted octanol–water partition coefficient (Wildman–Crippen LogP) is 1.48. The van der Waals surface area contributed by atoms with Crippen LogP contribution >= 0.6 is 0 Å². The molecule has 0 amide bonds. The SMILES string of the molecule is Cc1cccn2c(F)c(C(=O)O)nc12. The number of carboxylic acids is 1. The minimum Gasteiger partial charge on any atom is -0.476 e. The van der Waals surface area contributed by atoms with Crippen molar-refractivity contribution >= 4 is 11.6 Å². The fourth-order valence-corrected chi connectivity index (χ4v) is 1.31. The topological polar surface area (TPSA) is 54.6 Å². The molecular weight excluding hydrogens is 187 g/mol. The summed E-state index contributed by atoms with van der Waals surface area (Å²) in [7, 11) is 0. The third-order valence-corrected chi connectivity index (χ3v) is 1.99. The van der Waals surface area contributed by atoms with E-state index in [1.54, 1.807) is 19.1 Å². The molecule has 2 aromatic rings. The van der Waals surface area contributed by atoms with E-state index in [2.05, 4.69) is 4.98 Å². The lowest BCUT2D eigenvalue weighted by atomic mass is 10.3. The smallest absolute Gasteiger partial charge is 0.359 e. The molecule has 0 radical (unpaired) electrons. The van der Waals surface area contributed by atoms with Crippen LogP contribution in [0.1, 0.15) is 16.1 Å². The van der Waals surface area contributed by atoms with Gasteiger partial charge in [0.05, 0.1) is 0 Å². The number of halogens is 1. The number of carbonyl (C=O) groups is 1. The molecule has 2 aromatic heterocycles. The van der Waals surface area contributed by atoms with E-state index in [-0.39, 0.29) is 0 Å². The molecule has 2 heterocycles. The van der Waals surface area contributed by atoms with Crippen molar-refractivity contribution in [3.8, 4) is 0 Å². The van der Waals surface area contributed by atoms with Crippen molar-refractivity contribution in [2.45, 2.75) is 6.92 Å². The molecule has 0 atom stereocenters. The molecule has 5 heteroatoms. The molecule has 0 unspecified atom stereocenters. The highest BCUT2D eigenvalue weighted by molar-refractivity contribution is 5.86. The molecule has 14 heavy (non-hydrogen) atoms. The summed E-state index contributed by atoms with van der Waals surface area (Å²) >= 11 is 0. The molecule has 0 aliphatic carbocycles. The quantitative estimate of drug-likeness (QED) is 0.748. The second kappa shape index (κ2) is 2.80. The summed E-state index contributed by atoms with van der Waals surface area (Å²) in [5.41, 5.74) is 0.528. The molecule has 0 spiro atoms. The Hall–Kier alpha value is -1.91. The van der Waals surface area contributed by atoms with Gasteiger partial charge in [0.15, 0.2) is 0 Å². The van der Waals surface area contributed by atoms with Crippen molar-refractivity contribution in [2.24, 2.45) is 0 Å². The minimum atomic E-state index is -1.36. The maximum atomic E-state index is 13.4. The van der Waals surface area contributed by atoms with Crippen LogP contribution in [0, 0.1) is 12.9 Å². The fraction of sp³-hybridized carbons (Fsp3) is 0.111. The van der Waals surface area contributed by atoms with E-state index in [4.69, 9.17) is 5.11 Å². The predicted molar refractivity (Wildman–Crippen MR) is 46.8 cm³/mol. The number of imidazole rings is 1. The molecule has 0 aliphatic heterocycles. The summed E-state index contributed by atoms with van der Waals surface area (Å²) in [6.45, 7) is 1.74. The van der Waals surface area contributed by atoms with Crippen molar-refractivity contribution in [1.29, 1.82) is 0 Å². The second-order valence-electron chi connectivity index (χ2n) is 2.94. The second-order valence-corrected chi connectivity index (χ2v) is 2.94. The van der Waals surface area contributed by atoms with E-state index >= 15 is 0 Å². The first-order valence-corrected chi connectivity index (χ1v) is 3.97. The number of hydrogen-bond acceptors (Lipinski definition) is 2. The first kappa shape index (κ1) is 8.68. The lowest BCUT2D eigenvalue weighted by molar-refractivity contribution is 0.0685. The third-order valence-electron chi connectivity index (χ3n) is 1.99. The van der Waals surface area contributed by atoms with E-state index in [1.165, 1.54) is 6.20 Å². The Labute approximate surface area is 78.6 Å². The monoisotopic (exact) mass is 194 g/mol. The fourth-order valence-electron chi connectivity index (χ4n) is 1.31. The maximum absolute atomic E-state index is 13.4. The number of carboxylic acid groups (broad SMARTS) is 1. The lowest BCUT2D eigenvalue weighted by Crippen LogP contribution is -2.00. The number of aryl methyl sites for hydroxylation is 1. The Morgan fingerprint density at radius 3 is 2.93 bits per heavy atom. The van der Waals surface area contributed by atoms with Gasteiger partial charge in [0.2, 0.25) is 11.6 Å². The van der Waals surface area contributed by atoms with Crippen LogP contribution in [0.5, 0.6) is 0 Å². The lowest BCUT2D eigenvalue weighted by Gasteiger charge is -1.95. The van der Waals surface area contributed by atoms with Gasteiger partial charge < -0.3 is 5.11 Å². The Kier molecular flexibility index (Phi) is 1.73. The van der Waals surface area contributed by atoms with Crippen molar-refractivity contribution in [2.75, 3.05) is 0 Å². The van der Waals surface area contributed by atoms with Crippen LogP contribution in [0.4, 0.5) is 4.39 Å². The van der Waals surface area contributed by atoms with Gasteiger partial charge in [-0.25, -0.2) is 9.78 Å². The molecular formula is C9H7FN2O2. The minimum absolute atomic E-state index is 0.336. The number of hydrogen-bond donors (Lipinski definition) is 1. The normalized spacial score (nSPS) is 10.7. The Bertz CT molecular complexity index is 519. The van der Waals surface area contributed by atoms with Gasteiger partial charge in [-0.1, -0.05) is 6.07 Å². The number of pyridine rings is 1. The standard InChI is InChI=1S/C9H7FN2O2/c1-5-3-2-4-12-7(10)6(9(13)14)11-8(5)12/h2-4H,1H3,(H,13,14). The zero-order valence-corrected chi connectivity index (χ0v) is 7.36. The maximum Gasteiger partial charge on any atom is 0.359 e. The highest BCUT2D eigenvalue weighted by atomic mass is 19.1. The van der Waals surface area contributed by atoms with E-state index in [9.17, 15) is 9.18 Å². The molecule has 2 rings (SSSR count). The van der Waals surface area contributed by atoms with Crippen LogP contribution in [0.25, 0.3) is 5.65 Å². The Balaban J connectivity index is 2.86. The molecule has 0 saturated heterocycles. The molecule has 1 N–H and O–H groups in total. The summed E-state index contributed by atoms with van der Waals surface area (Å²) in [6, 6.07) is 3.38. The number of rotatable bonds is 1. The molecule has 0 aliphatic rings. The van der Waals surface area contributed by atoms with Crippen LogP contribution in [-0.4, -0.2) is 20.5 Å². The van der Waals surface area contributed by atoms with Gasteiger partial charge in [-0.05, 0) is 18.6 Å². The van der Waals surface area contributed by atoms with Gasteiger partial charge in [0, 0.05) is 6.20 Å². The van der Waals surface area contributed by atoms with E-state index < -0.39 is 17.6 Å². The molecule has 0 fully saturated rings. The highest BCUT2D eigenvalue weighted by Gasteiger charge is 2.18. The first-order valence-electron chi connectivity index (χ1n) is 3.97. The summed E-state index contributed by atoms with van der Waals surface area (Å²) in [5, 5.41) is 8.64. The molecule has 0 bridgehead atoms. The Morgan fingerprint density at radius 1 is 1.64 bits per heavy atom. The molecule has 0 saturated carbocycles. The average Bonchev–Trinajstić information content (AvgIpc) is 2.46.